The van der Waals surface area contributed by atoms with Crippen LogP contribution in [0.5, 0.6) is 11.5 Å². The molecule has 2 aliphatic rings. The van der Waals surface area contributed by atoms with Crippen LogP contribution in [-0.2, 0) is 11.3 Å². The van der Waals surface area contributed by atoms with Gasteiger partial charge in [0.05, 0.1) is 18.6 Å². The molecule has 1 aromatic carbocycles. The molecular weight excluding hydrogens is 519 g/mol. The first-order chi connectivity index (χ1) is 15.0. The lowest BCUT2D eigenvalue weighted by Crippen LogP contribution is -2.49. The first kappa shape index (κ1) is 26.5. The zero-order chi connectivity index (χ0) is 22.3. The molecule has 3 rings (SSSR count). The molecule has 2 aliphatic carbocycles. The standard InChI is InChI=1S/C24H38N4O3.HI/c1-25-23(27-17-24(13-7-8-14-24)22(29)28(2)3)26-16-18-11-12-20(21(15-18)30-4)31-19-9-5-6-10-19;/h11-12,15,19H,5-10,13-14,16-17H2,1-4H3,(H2,25,26,27);1H. The fraction of sp³-hybridized carbons (Fsp3) is 0.667. The van der Waals surface area contributed by atoms with E-state index in [4.69, 9.17) is 9.47 Å². The lowest BCUT2D eigenvalue weighted by molar-refractivity contribution is -0.138. The number of hydrogen-bond donors (Lipinski definition) is 2. The first-order valence-corrected chi connectivity index (χ1v) is 11.5. The van der Waals surface area contributed by atoms with E-state index in [1.165, 1.54) is 12.8 Å². The maximum atomic E-state index is 12.8. The zero-order valence-electron chi connectivity index (χ0n) is 19.9. The third kappa shape index (κ3) is 6.65. The van der Waals surface area contributed by atoms with Gasteiger partial charge in [-0.3, -0.25) is 9.79 Å². The van der Waals surface area contributed by atoms with E-state index in [1.54, 1.807) is 19.1 Å². The number of amides is 1. The Labute approximate surface area is 209 Å². The minimum atomic E-state index is -0.330. The van der Waals surface area contributed by atoms with Crippen molar-refractivity contribution in [3.63, 3.8) is 0 Å². The maximum absolute atomic E-state index is 12.8. The van der Waals surface area contributed by atoms with E-state index >= 15 is 0 Å². The molecular formula is C24H39IN4O3. The van der Waals surface area contributed by atoms with E-state index in [9.17, 15) is 4.79 Å². The van der Waals surface area contributed by atoms with Crippen molar-refractivity contribution in [2.24, 2.45) is 10.4 Å². The lowest BCUT2D eigenvalue weighted by atomic mass is 9.84. The highest BCUT2D eigenvalue weighted by atomic mass is 127. The summed E-state index contributed by atoms with van der Waals surface area (Å²) in [5.74, 6) is 2.47. The van der Waals surface area contributed by atoms with Gasteiger partial charge in [-0.05, 0) is 56.2 Å². The van der Waals surface area contributed by atoms with Crippen molar-refractivity contribution in [3.8, 4) is 11.5 Å². The average Bonchev–Trinajstić information content (AvgIpc) is 3.47. The number of ether oxygens (including phenoxy) is 2. The molecule has 2 saturated carbocycles. The minimum Gasteiger partial charge on any atom is -0.493 e. The van der Waals surface area contributed by atoms with Gasteiger partial charge in [0.1, 0.15) is 0 Å². The molecule has 0 saturated heterocycles. The van der Waals surface area contributed by atoms with Crippen molar-refractivity contribution in [1.82, 2.24) is 15.5 Å². The highest BCUT2D eigenvalue weighted by Crippen LogP contribution is 2.39. The molecule has 0 aliphatic heterocycles. The number of carbonyl (C=O) groups excluding carboxylic acids is 1. The second kappa shape index (κ2) is 12.5. The molecule has 0 aromatic heterocycles. The fourth-order valence-corrected chi connectivity index (χ4v) is 4.76. The molecule has 0 atom stereocenters. The summed E-state index contributed by atoms with van der Waals surface area (Å²) in [6, 6.07) is 6.06. The average molecular weight is 559 g/mol. The Hall–Kier alpha value is -1.71. The predicted octanol–water partition coefficient (Wildman–Crippen LogP) is 3.95. The van der Waals surface area contributed by atoms with Crippen LogP contribution in [0.3, 0.4) is 0 Å². The Morgan fingerprint density at radius 2 is 1.81 bits per heavy atom. The molecule has 0 radical (unpaired) electrons. The van der Waals surface area contributed by atoms with E-state index in [1.807, 2.05) is 26.2 Å². The number of halogens is 1. The van der Waals surface area contributed by atoms with E-state index in [0.717, 1.165) is 55.6 Å². The number of carbonyl (C=O) groups is 1. The Balaban J connectivity index is 0.00000363. The predicted molar refractivity (Wildman–Crippen MR) is 139 cm³/mol. The number of methoxy groups -OCH3 is 1. The molecule has 0 heterocycles. The number of rotatable bonds is 8. The van der Waals surface area contributed by atoms with Gasteiger partial charge in [-0.15, -0.1) is 24.0 Å². The van der Waals surface area contributed by atoms with Gasteiger partial charge in [0.2, 0.25) is 5.91 Å². The van der Waals surface area contributed by atoms with Gasteiger partial charge in [0.15, 0.2) is 17.5 Å². The second-order valence-electron chi connectivity index (χ2n) is 8.98. The summed E-state index contributed by atoms with van der Waals surface area (Å²) in [6.45, 7) is 1.20. The van der Waals surface area contributed by atoms with Gasteiger partial charge in [-0.2, -0.15) is 0 Å². The van der Waals surface area contributed by atoms with Crippen molar-refractivity contribution in [2.75, 3.05) is 34.8 Å². The number of guanidine groups is 1. The molecule has 180 valence electrons. The Morgan fingerprint density at radius 3 is 2.41 bits per heavy atom. The summed E-state index contributed by atoms with van der Waals surface area (Å²) < 4.78 is 11.7. The number of benzene rings is 1. The summed E-state index contributed by atoms with van der Waals surface area (Å²) in [5.41, 5.74) is 0.752. The Kier molecular flexibility index (Phi) is 10.4. The first-order valence-electron chi connectivity index (χ1n) is 11.5. The smallest absolute Gasteiger partial charge is 0.230 e. The summed E-state index contributed by atoms with van der Waals surface area (Å²) >= 11 is 0. The third-order valence-corrected chi connectivity index (χ3v) is 6.52. The number of hydrogen-bond acceptors (Lipinski definition) is 4. The Bertz CT molecular complexity index is 773. The van der Waals surface area contributed by atoms with Crippen molar-refractivity contribution >= 4 is 35.8 Å². The minimum absolute atomic E-state index is 0. The van der Waals surface area contributed by atoms with Crippen LogP contribution < -0.4 is 20.1 Å². The summed E-state index contributed by atoms with van der Waals surface area (Å²) in [7, 11) is 7.10. The van der Waals surface area contributed by atoms with E-state index < -0.39 is 0 Å². The molecule has 0 spiro atoms. The molecule has 0 unspecified atom stereocenters. The van der Waals surface area contributed by atoms with Crippen LogP contribution in [0, 0.1) is 5.41 Å². The van der Waals surface area contributed by atoms with Crippen LogP contribution in [0.25, 0.3) is 0 Å². The normalized spacial score (nSPS) is 18.1. The zero-order valence-corrected chi connectivity index (χ0v) is 22.2. The SMILES string of the molecule is CN=C(NCc1ccc(OC2CCCC2)c(OC)c1)NCC1(C(=O)N(C)C)CCCC1.I. The Morgan fingerprint density at radius 1 is 1.12 bits per heavy atom. The van der Waals surface area contributed by atoms with Crippen molar-refractivity contribution < 1.29 is 14.3 Å². The quantitative estimate of drug-likeness (QED) is 0.287. The monoisotopic (exact) mass is 558 g/mol. The highest BCUT2D eigenvalue weighted by molar-refractivity contribution is 14.0. The summed E-state index contributed by atoms with van der Waals surface area (Å²) in [5, 5.41) is 6.74. The molecule has 2 N–H and O–H groups in total. The van der Waals surface area contributed by atoms with Gasteiger partial charge >= 0.3 is 0 Å². The molecule has 7 nitrogen and oxygen atoms in total. The van der Waals surface area contributed by atoms with Gasteiger partial charge in [0.25, 0.3) is 0 Å². The summed E-state index contributed by atoms with van der Waals surface area (Å²) in [4.78, 5) is 18.8. The van der Waals surface area contributed by atoms with Crippen LogP contribution in [0.2, 0.25) is 0 Å². The van der Waals surface area contributed by atoms with Crippen LogP contribution in [0.4, 0.5) is 0 Å². The lowest BCUT2D eigenvalue weighted by Gasteiger charge is -2.31. The van der Waals surface area contributed by atoms with Crippen LogP contribution in [0.15, 0.2) is 23.2 Å². The van der Waals surface area contributed by atoms with E-state index in [2.05, 4.69) is 21.7 Å². The van der Waals surface area contributed by atoms with Crippen molar-refractivity contribution in [3.05, 3.63) is 23.8 Å². The topological polar surface area (TPSA) is 75.2 Å². The fourth-order valence-electron chi connectivity index (χ4n) is 4.76. The maximum Gasteiger partial charge on any atom is 0.230 e. The van der Waals surface area contributed by atoms with Gasteiger partial charge in [-0.1, -0.05) is 18.9 Å². The summed E-state index contributed by atoms with van der Waals surface area (Å²) in [6.07, 6.45) is 9.06. The van der Waals surface area contributed by atoms with E-state index in [-0.39, 0.29) is 35.3 Å². The van der Waals surface area contributed by atoms with Crippen molar-refractivity contribution in [1.29, 1.82) is 0 Å². The largest absolute Gasteiger partial charge is 0.493 e. The highest BCUT2D eigenvalue weighted by Gasteiger charge is 2.42. The van der Waals surface area contributed by atoms with Crippen LogP contribution in [-0.4, -0.2) is 57.7 Å². The molecule has 1 aromatic rings. The molecule has 0 bridgehead atoms. The van der Waals surface area contributed by atoms with Gasteiger partial charge in [0, 0.05) is 34.2 Å². The van der Waals surface area contributed by atoms with E-state index in [0.29, 0.717) is 25.2 Å². The number of aliphatic imine (C=N–C) groups is 1. The number of nitrogens with one attached hydrogen (secondary N) is 2. The molecule has 32 heavy (non-hydrogen) atoms. The molecule has 2 fully saturated rings. The third-order valence-electron chi connectivity index (χ3n) is 6.52. The van der Waals surface area contributed by atoms with Crippen LogP contribution >= 0.6 is 24.0 Å². The molecule has 1 amide bonds. The van der Waals surface area contributed by atoms with Crippen LogP contribution in [0.1, 0.15) is 56.9 Å². The van der Waals surface area contributed by atoms with Gasteiger partial charge in [-0.25, -0.2) is 0 Å². The van der Waals surface area contributed by atoms with Crippen molar-refractivity contribution in [2.45, 2.75) is 64.0 Å². The second-order valence-corrected chi connectivity index (χ2v) is 8.98. The molecule has 8 heteroatoms. The number of nitrogens with zero attached hydrogens (tertiary/aromatic N) is 2. The van der Waals surface area contributed by atoms with Gasteiger partial charge < -0.3 is 25.0 Å².